The summed E-state index contributed by atoms with van der Waals surface area (Å²) in [6.45, 7) is -0.0102. The van der Waals surface area contributed by atoms with Crippen LogP contribution < -0.4 is 9.47 Å². The number of methoxy groups -OCH3 is 2. The van der Waals surface area contributed by atoms with Gasteiger partial charge in [-0.15, -0.1) is 0 Å². The summed E-state index contributed by atoms with van der Waals surface area (Å²) in [4.78, 5) is 8.63. The number of hydrogen-bond acceptors (Lipinski definition) is 7. The van der Waals surface area contributed by atoms with E-state index in [1.165, 1.54) is 13.4 Å². The maximum atomic E-state index is 9.38. The normalized spacial score (nSPS) is 12.1. The van der Waals surface area contributed by atoms with Gasteiger partial charge in [-0.3, -0.25) is 0 Å². The highest BCUT2D eigenvalue weighted by atomic mass is 16.5. The Morgan fingerprint density at radius 1 is 0.967 bits per heavy atom. The summed E-state index contributed by atoms with van der Waals surface area (Å²) >= 11 is 0. The smallest absolute Gasteiger partial charge is 0.234 e. The fraction of sp³-hybridized carbons (Fsp3) is 0.217. The first kappa shape index (κ1) is 19.9. The van der Waals surface area contributed by atoms with E-state index in [0.717, 1.165) is 22.4 Å². The number of furan rings is 1. The molecule has 0 saturated carbocycles. The first-order valence-electron chi connectivity index (χ1n) is 9.49. The molecule has 0 spiro atoms. The van der Waals surface area contributed by atoms with E-state index in [-0.39, 0.29) is 13.2 Å². The number of rotatable bonds is 8. The Morgan fingerprint density at radius 3 is 2.40 bits per heavy atom. The molecule has 2 heterocycles. The van der Waals surface area contributed by atoms with Gasteiger partial charge in [0.05, 0.1) is 13.7 Å². The minimum atomic E-state index is -0.458. The fourth-order valence-corrected chi connectivity index (χ4v) is 3.21. The molecule has 0 bridgehead atoms. The number of nitrogens with zero attached hydrogens (tertiary/aromatic N) is 2. The minimum absolute atomic E-state index is 0.146. The van der Waals surface area contributed by atoms with Crippen molar-refractivity contribution in [3.8, 4) is 34.1 Å². The molecule has 4 rings (SSSR count). The van der Waals surface area contributed by atoms with Gasteiger partial charge in [-0.2, -0.15) is 0 Å². The lowest BCUT2D eigenvalue weighted by Gasteiger charge is -2.13. The molecule has 0 amide bonds. The summed E-state index contributed by atoms with van der Waals surface area (Å²) in [6, 6.07) is 17.5. The highest BCUT2D eigenvalue weighted by Gasteiger charge is 2.23. The van der Waals surface area contributed by atoms with Gasteiger partial charge in [-0.1, -0.05) is 42.5 Å². The van der Waals surface area contributed by atoms with Crippen LogP contribution in [0.2, 0.25) is 0 Å². The van der Waals surface area contributed by atoms with Crippen LogP contribution in [-0.2, 0) is 4.74 Å². The predicted molar refractivity (Wildman–Crippen MR) is 113 cm³/mol. The lowest BCUT2D eigenvalue weighted by molar-refractivity contribution is 0.0157. The molecule has 7 heteroatoms. The molecule has 0 aliphatic heterocycles. The summed E-state index contributed by atoms with van der Waals surface area (Å²) in [5.74, 6) is 1.80. The largest absolute Gasteiger partial charge is 0.497 e. The van der Waals surface area contributed by atoms with Gasteiger partial charge in [0.1, 0.15) is 35.9 Å². The fourth-order valence-electron chi connectivity index (χ4n) is 3.21. The second kappa shape index (κ2) is 8.94. The lowest BCUT2D eigenvalue weighted by Crippen LogP contribution is -2.24. The monoisotopic (exact) mass is 406 g/mol. The van der Waals surface area contributed by atoms with Crippen molar-refractivity contribution in [3.05, 3.63) is 60.9 Å². The maximum absolute atomic E-state index is 9.38. The SMILES string of the molecule is COc1ccc(-c2c(-c3ccccc3)oc3ncnc(OCC(CO)OC)c23)cc1. The van der Waals surface area contributed by atoms with Crippen molar-refractivity contribution in [2.75, 3.05) is 27.4 Å². The Labute approximate surface area is 173 Å². The number of fused-ring (bicyclic) bond motifs is 1. The van der Waals surface area contributed by atoms with Crippen LogP contribution in [0.25, 0.3) is 33.6 Å². The van der Waals surface area contributed by atoms with Crippen LogP contribution in [0.1, 0.15) is 0 Å². The maximum Gasteiger partial charge on any atom is 0.234 e. The van der Waals surface area contributed by atoms with Gasteiger partial charge in [0, 0.05) is 18.2 Å². The highest BCUT2D eigenvalue weighted by Crippen LogP contribution is 2.43. The lowest BCUT2D eigenvalue weighted by atomic mass is 9.99. The van der Waals surface area contributed by atoms with Crippen molar-refractivity contribution in [2.45, 2.75) is 6.10 Å². The average Bonchev–Trinajstić information content (AvgIpc) is 3.21. The van der Waals surface area contributed by atoms with Gasteiger partial charge in [-0.25, -0.2) is 9.97 Å². The molecular formula is C23H22N2O5. The molecule has 1 N–H and O–H groups in total. The molecule has 7 nitrogen and oxygen atoms in total. The molecule has 0 fully saturated rings. The van der Waals surface area contributed by atoms with Crippen molar-refractivity contribution in [2.24, 2.45) is 0 Å². The van der Waals surface area contributed by atoms with E-state index in [1.807, 2.05) is 54.6 Å². The number of aliphatic hydroxyl groups is 1. The first-order valence-corrected chi connectivity index (χ1v) is 9.49. The Balaban J connectivity index is 1.89. The minimum Gasteiger partial charge on any atom is -0.497 e. The van der Waals surface area contributed by atoms with E-state index in [1.54, 1.807) is 7.11 Å². The second-order valence-corrected chi connectivity index (χ2v) is 6.61. The van der Waals surface area contributed by atoms with E-state index in [0.29, 0.717) is 22.7 Å². The molecule has 0 aliphatic rings. The molecule has 1 atom stereocenters. The third-order valence-corrected chi connectivity index (χ3v) is 4.81. The quantitative estimate of drug-likeness (QED) is 0.474. The van der Waals surface area contributed by atoms with Crippen LogP contribution in [0.3, 0.4) is 0 Å². The van der Waals surface area contributed by atoms with Crippen LogP contribution >= 0.6 is 0 Å². The average molecular weight is 406 g/mol. The van der Waals surface area contributed by atoms with E-state index >= 15 is 0 Å². The van der Waals surface area contributed by atoms with Crippen molar-refractivity contribution >= 4 is 11.1 Å². The molecule has 4 aromatic rings. The molecule has 0 saturated heterocycles. The zero-order chi connectivity index (χ0) is 20.9. The number of ether oxygens (including phenoxy) is 3. The van der Waals surface area contributed by atoms with Crippen molar-refractivity contribution in [3.63, 3.8) is 0 Å². The molecule has 0 radical (unpaired) electrons. The number of hydrogen-bond donors (Lipinski definition) is 1. The van der Waals surface area contributed by atoms with E-state index in [9.17, 15) is 5.11 Å². The number of aromatic nitrogens is 2. The van der Waals surface area contributed by atoms with Crippen molar-refractivity contribution in [1.29, 1.82) is 0 Å². The molecule has 30 heavy (non-hydrogen) atoms. The van der Waals surface area contributed by atoms with Gasteiger partial charge < -0.3 is 23.7 Å². The Kier molecular flexibility index (Phi) is 5.92. The van der Waals surface area contributed by atoms with E-state index in [2.05, 4.69) is 9.97 Å². The summed E-state index contributed by atoms with van der Waals surface area (Å²) in [6.07, 6.45) is 0.939. The van der Waals surface area contributed by atoms with Crippen LogP contribution in [-0.4, -0.2) is 48.6 Å². The summed E-state index contributed by atoms with van der Waals surface area (Å²) in [7, 11) is 3.15. The molecule has 154 valence electrons. The van der Waals surface area contributed by atoms with Crippen LogP contribution in [0.15, 0.2) is 65.3 Å². The van der Waals surface area contributed by atoms with Gasteiger partial charge in [0.2, 0.25) is 11.6 Å². The third kappa shape index (κ3) is 3.85. The molecule has 2 aromatic carbocycles. The number of aliphatic hydroxyl groups excluding tert-OH is 1. The first-order chi connectivity index (χ1) is 14.7. The Hall–Kier alpha value is -3.42. The summed E-state index contributed by atoms with van der Waals surface area (Å²) in [5.41, 5.74) is 3.07. The zero-order valence-corrected chi connectivity index (χ0v) is 16.7. The Bertz CT molecular complexity index is 1110. The van der Waals surface area contributed by atoms with Crippen LogP contribution in [0.5, 0.6) is 11.6 Å². The predicted octanol–water partition coefficient (Wildman–Crippen LogP) is 3.95. The molecule has 1 unspecified atom stereocenters. The summed E-state index contributed by atoms with van der Waals surface area (Å²) < 4.78 is 22.5. The standard InChI is InChI=1S/C23H22N2O5/c1-27-17-10-8-15(9-11-17)19-20-22(29-13-18(12-26)28-2)24-14-25-23(20)30-21(19)16-6-4-3-5-7-16/h3-11,14,18,26H,12-13H2,1-2H3. The molecule has 2 aromatic heterocycles. The van der Waals surface area contributed by atoms with Gasteiger partial charge in [0.15, 0.2) is 0 Å². The van der Waals surface area contributed by atoms with Gasteiger partial charge in [0.25, 0.3) is 0 Å². The zero-order valence-electron chi connectivity index (χ0n) is 16.7. The van der Waals surface area contributed by atoms with Crippen LogP contribution in [0.4, 0.5) is 0 Å². The molecule has 0 aliphatic carbocycles. The van der Waals surface area contributed by atoms with Crippen molar-refractivity contribution in [1.82, 2.24) is 9.97 Å². The Morgan fingerprint density at radius 2 is 1.73 bits per heavy atom. The third-order valence-electron chi connectivity index (χ3n) is 4.81. The highest BCUT2D eigenvalue weighted by molar-refractivity contribution is 6.03. The second-order valence-electron chi connectivity index (χ2n) is 6.61. The van der Waals surface area contributed by atoms with Crippen LogP contribution in [0, 0.1) is 0 Å². The van der Waals surface area contributed by atoms with E-state index in [4.69, 9.17) is 18.6 Å². The van der Waals surface area contributed by atoms with Crippen molar-refractivity contribution < 1.29 is 23.7 Å². The van der Waals surface area contributed by atoms with Gasteiger partial charge >= 0.3 is 0 Å². The summed E-state index contributed by atoms with van der Waals surface area (Å²) in [5, 5.41) is 10.0. The van der Waals surface area contributed by atoms with E-state index < -0.39 is 6.10 Å². The molecular weight excluding hydrogens is 384 g/mol. The topological polar surface area (TPSA) is 86.8 Å². The number of benzene rings is 2. The van der Waals surface area contributed by atoms with Gasteiger partial charge in [-0.05, 0) is 17.7 Å².